The lowest BCUT2D eigenvalue weighted by atomic mass is 10.0. The molecule has 1 aliphatic rings. The Kier molecular flexibility index (Phi) is 2.94. The summed E-state index contributed by atoms with van der Waals surface area (Å²) in [5.74, 6) is 2.38. The summed E-state index contributed by atoms with van der Waals surface area (Å²) in [5, 5.41) is 10.3. The fraction of sp³-hybridized carbons (Fsp3) is 0.375. The van der Waals surface area contributed by atoms with Crippen molar-refractivity contribution >= 4 is 0 Å². The third-order valence-electron chi connectivity index (χ3n) is 3.89. The molecule has 3 heteroatoms. The smallest absolute Gasteiger partial charge is 0.137 e. The van der Waals surface area contributed by atoms with Crippen LogP contribution in [0.25, 0.3) is 0 Å². The number of aryl methyl sites for hydroxylation is 1. The lowest BCUT2D eigenvalue weighted by Gasteiger charge is -2.09. The van der Waals surface area contributed by atoms with E-state index in [0.717, 1.165) is 12.2 Å². The number of hydrogen-bond donors (Lipinski definition) is 1. The van der Waals surface area contributed by atoms with Gasteiger partial charge in [-0.15, -0.1) is 0 Å². The zero-order chi connectivity index (χ0) is 13.6. The number of benzene rings is 1. The van der Waals surface area contributed by atoms with Gasteiger partial charge in [0.1, 0.15) is 23.4 Å². The van der Waals surface area contributed by atoms with E-state index >= 15 is 0 Å². The van der Waals surface area contributed by atoms with Crippen molar-refractivity contribution in [2.24, 2.45) is 5.92 Å². The molecule has 100 valence electrons. The van der Waals surface area contributed by atoms with Gasteiger partial charge in [-0.2, -0.15) is 0 Å². The summed E-state index contributed by atoms with van der Waals surface area (Å²) in [5.41, 5.74) is 1.18. The normalized spacial score (nSPS) is 23.4. The van der Waals surface area contributed by atoms with E-state index in [4.69, 9.17) is 4.42 Å². The van der Waals surface area contributed by atoms with Crippen LogP contribution < -0.4 is 0 Å². The van der Waals surface area contributed by atoms with Crippen LogP contribution in [-0.2, 0) is 0 Å². The van der Waals surface area contributed by atoms with Crippen molar-refractivity contribution in [3.8, 4) is 0 Å². The zero-order valence-electron chi connectivity index (χ0n) is 11.1. The highest BCUT2D eigenvalue weighted by molar-refractivity contribution is 5.30. The molecule has 1 saturated carbocycles. The van der Waals surface area contributed by atoms with E-state index in [1.54, 1.807) is 19.1 Å². The molecule has 0 saturated heterocycles. The highest BCUT2D eigenvalue weighted by Crippen LogP contribution is 2.47. The standard InChI is InChI=1S/C16H17FO2/c1-9-8-12(9)14-5-6-15(19-14)16(18)11-3-4-13(17)10(2)7-11/h3-7,9,12,16,18H,8H2,1-2H3. The molecule has 0 radical (unpaired) electrons. The highest BCUT2D eigenvalue weighted by atomic mass is 19.1. The van der Waals surface area contributed by atoms with Crippen LogP contribution in [0.5, 0.6) is 0 Å². The lowest BCUT2D eigenvalue weighted by molar-refractivity contribution is 0.186. The molecule has 1 aliphatic carbocycles. The van der Waals surface area contributed by atoms with Crippen LogP contribution in [-0.4, -0.2) is 5.11 Å². The summed E-state index contributed by atoms with van der Waals surface area (Å²) >= 11 is 0. The van der Waals surface area contributed by atoms with E-state index in [1.807, 2.05) is 12.1 Å². The lowest BCUT2D eigenvalue weighted by Crippen LogP contribution is -1.99. The Hall–Kier alpha value is -1.61. The Labute approximate surface area is 111 Å². The predicted octanol–water partition coefficient (Wildman–Crippen LogP) is 3.93. The molecule has 3 unspecified atom stereocenters. The SMILES string of the molecule is Cc1cc(C(O)c2ccc(C3CC3C)o2)ccc1F. The van der Waals surface area contributed by atoms with E-state index < -0.39 is 6.10 Å². The molecule has 19 heavy (non-hydrogen) atoms. The monoisotopic (exact) mass is 260 g/mol. The second kappa shape index (κ2) is 4.49. The number of rotatable bonds is 3. The molecule has 1 aromatic carbocycles. The van der Waals surface area contributed by atoms with Crippen LogP contribution in [0.3, 0.4) is 0 Å². The van der Waals surface area contributed by atoms with Crippen molar-refractivity contribution in [1.82, 2.24) is 0 Å². The van der Waals surface area contributed by atoms with Crippen molar-refractivity contribution in [3.05, 3.63) is 58.8 Å². The van der Waals surface area contributed by atoms with Crippen molar-refractivity contribution in [1.29, 1.82) is 0 Å². The molecule has 0 spiro atoms. The van der Waals surface area contributed by atoms with Gasteiger partial charge in [0.05, 0.1) is 0 Å². The molecular formula is C16H17FO2. The van der Waals surface area contributed by atoms with Crippen molar-refractivity contribution in [2.75, 3.05) is 0 Å². The summed E-state index contributed by atoms with van der Waals surface area (Å²) in [4.78, 5) is 0. The number of furan rings is 1. The van der Waals surface area contributed by atoms with E-state index in [9.17, 15) is 9.50 Å². The van der Waals surface area contributed by atoms with Crippen LogP contribution in [0, 0.1) is 18.7 Å². The average molecular weight is 260 g/mol. The van der Waals surface area contributed by atoms with Crippen molar-refractivity contribution in [3.63, 3.8) is 0 Å². The number of aliphatic hydroxyl groups is 1. The second-order valence-corrected chi connectivity index (χ2v) is 5.47. The van der Waals surface area contributed by atoms with E-state index in [0.29, 0.717) is 28.7 Å². The fourth-order valence-electron chi connectivity index (χ4n) is 2.44. The van der Waals surface area contributed by atoms with E-state index in [2.05, 4.69) is 6.92 Å². The van der Waals surface area contributed by atoms with Crippen molar-refractivity contribution in [2.45, 2.75) is 32.3 Å². The maximum absolute atomic E-state index is 13.2. The molecule has 0 amide bonds. The van der Waals surface area contributed by atoms with Crippen LogP contribution in [0.2, 0.25) is 0 Å². The maximum atomic E-state index is 13.2. The Bertz CT molecular complexity index is 603. The Morgan fingerprint density at radius 3 is 2.68 bits per heavy atom. The van der Waals surface area contributed by atoms with Gasteiger partial charge in [-0.1, -0.05) is 19.1 Å². The van der Waals surface area contributed by atoms with Crippen LogP contribution in [0.1, 0.15) is 48.0 Å². The highest BCUT2D eigenvalue weighted by Gasteiger charge is 2.37. The minimum Gasteiger partial charge on any atom is -0.463 e. The van der Waals surface area contributed by atoms with E-state index in [1.165, 1.54) is 6.07 Å². The first kappa shape index (κ1) is 12.4. The molecular weight excluding hydrogens is 243 g/mol. The molecule has 0 bridgehead atoms. The molecule has 0 aliphatic heterocycles. The first-order chi connectivity index (χ1) is 9.06. The van der Waals surface area contributed by atoms with Gasteiger partial charge in [-0.3, -0.25) is 0 Å². The Morgan fingerprint density at radius 2 is 2.05 bits per heavy atom. The van der Waals surface area contributed by atoms with Gasteiger partial charge in [-0.25, -0.2) is 4.39 Å². The molecule has 3 rings (SSSR count). The fourth-order valence-corrected chi connectivity index (χ4v) is 2.44. The molecule has 2 nitrogen and oxygen atoms in total. The largest absolute Gasteiger partial charge is 0.463 e. The number of hydrogen-bond acceptors (Lipinski definition) is 2. The minimum absolute atomic E-state index is 0.261. The van der Waals surface area contributed by atoms with Gasteiger partial charge in [0.2, 0.25) is 0 Å². The summed E-state index contributed by atoms with van der Waals surface area (Å²) in [7, 11) is 0. The Balaban J connectivity index is 1.84. The van der Waals surface area contributed by atoms with E-state index in [-0.39, 0.29) is 5.82 Å². The van der Waals surface area contributed by atoms with Gasteiger partial charge in [0.15, 0.2) is 0 Å². The summed E-state index contributed by atoms with van der Waals surface area (Å²) in [6.45, 7) is 3.87. The zero-order valence-corrected chi connectivity index (χ0v) is 11.1. The molecule has 1 aromatic heterocycles. The summed E-state index contributed by atoms with van der Waals surface area (Å²) < 4.78 is 18.9. The second-order valence-electron chi connectivity index (χ2n) is 5.47. The van der Waals surface area contributed by atoms with Crippen LogP contribution >= 0.6 is 0 Å². The summed E-state index contributed by atoms with van der Waals surface area (Å²) in [6.07, 6.45) is 0.320. The predicted molar refractivity (Wildman–Crippen MR) is 70.4 cm³/mol. The molecule has 1 heterocycles. The molecule has 3 atom stereocenters. The maximum Gasteiger partial charge on any atom is 0.137 e. The van der Waals surface area contributed by atoms with Crippen molar-refractivity contribution < 1.29 is 13.9 Å². The number of aliphatic hydroxyl groups excluding tert-OH is 1. The van der Waals surface area contributed by atoms with Gasteiger partial charge in [-0.05, 0) is 48.6 Å². The van der Waals surface area contributed by atoms with Crippen LogP contribution in [0.15, 0.2) is 34.7 Å². The number of halogens is 1. The topological polar surface area (TPSA) is 33.4 Å². The summed E-state index contributed by atoms with van der Waals surface area (Å²) in [6, 6.07) is 8.37. The first-order valence-electron chi connectivity index (χ1n) is 6.60. The van der Waals surface area contributed by atoms with Crippen LogP contribution in [0.4, 0.5) is 4.39 Å². The molecule has 1 N–H and O–H groups in total. The van der Waals surface area contributed by atoms with Gasteiger partial charge in [0, 0.05) is 5.92 Å². The van der Waals surface area contributed by atoms with Gasteiger partial charge >= 0.3 is 0 Å². The van der Waals surface area contributed by atoms with Gasteiger partial charge in [0.25, 0.3) is 0 Å². The quantitative estimate of drug-likeness (QED) is 0.907. The van der Waals surface area contributed by atoms with Gasteiger partial charge < -0.3 is 9.52 Å². The minimum atomic E-state index is -0.831. The average Bonchev–Trinajstić information content (AvgIpc) is 2.93. The third kappa shape index (κ3) is 2.30. The third-order valence-corrected chi connectivity index (χ3v) is 3.89. The Morgan fingerprint density at radius 1 is 1.32 bits per heavy atom. The first-order valence-corrected chi connectivity index (χ1v) is 6.60. The molecule has 1 fully saturated rings. The molecule has 2 aromatic rings.